The first-order valence-corrected chi connectivity index (χ1v) is 5.38. The van der Waals surface area contributed by atoms with Crippen molar-refractivity contribution in [2.45, 2.75) is 24.9 Å². The minimum atomic E-state index is -0.207. The van der Waals surface area contributed by atoms with Gasteiger partial charge in [0.25, 0.3) is 0 Å². The molecule has 3 heteroatoms. The minimum absolute atomic E-state index is 0.202. The number of nitrogens with two attached hydrogens (primary N) is 1. The quantitative estimate of drug-likeness (QED) is 0.826. The Morgan fingerprint density at radius 1 is 1.40 bits per heavy atom. The zero-order chi connectivity index (χ0) is 10.7. The molecule has 1 aromatic rings. The molecule has 2 atom stereocenters. The van der Waals surface area contributed by atoms with Crippen LogP contribution < -0.4 is 5.73 Å². The van der Waals surface area contributed by atoms with Crippen LogP contribution in [0.5, 0.6) is 0 Å². The number of hydrogen-bond acceptors (Lipinski definition) is 2. The van der Waals surface area contributed by atoms with E-state index in [1.165, 1.54) is 12.1 Å². The van der Waals surface area contributed by atoms with Crippen LogP contribution in [-0.2, 0) is 4.74 Å². The molecule has 0 aliphatic carbocycles. The molecule has 1 aliphatic heterocycles. The Bertz CT molecular complexity index is 306. The molecule has 1 aliphatic rings. The molecule has 2 rings (SSSR count). The van der Waals surface area contributed by atoms with Crippen LogP contribution in [0.1, 0.15) is 24.3 Å². The summed E-state index contributed by atoms with van der Waals surface area (Å²) in [6, 6.07) is 6.56. The third-order valence-corrected chi connectivity index (χ3v) is 2.97. The van der Waals surface area contributed by atoms with E-state index < -0.39 is 0 Å². The van der Waals surface area contributed by atoms with Gasteiger partial charge in [0.05, 0.1) is 6.10 Å². The molecule has 82 valence electrons. The Hall–Kier alpha value is -0.930. The first-order valence-electron chi connectivity index (χ1n) is 5.38. The summed E-state index contributed by atoms with van der Waals surface area (Å²) in [5.41, 5.74) is 6.82. The summed E-state index contributed by atoms with van der Waals surface area (Å²) in [5.74, 6) is -0.00467. The van der Waals surface area contributed by atoms with Crippen LogP contribution in [0.3, 0.4) is 0 Å². The van der Waals surface area contributed by atoms with E-state index in [4.69, 9.17) is 10.5 Å². The van der Waals surface area contributed by atoms with Gasteiger partial charge >= 0.3 is 0 Å². The molecule has 0 saturated carbocycles. The van der Waals surface area contributed by atoms with E-state index in [-0.39, 0.29) is 17.8 Å². The van der Waals surface area contributed by atoms with Crippen molar-refractivity contribution in [2.75, 3.05) is 13.2 Å². The second kappa shape index (κ2) is 4.73. The van der Waals surface area contributed by atoms with Crippen molar-refractivity contribution < 1.29 is 9.13 Å². The third kappa shape index (κ3) is 2.36. The molecule has 15 heavy (non-hydrogen) atoms. The molecule has 2 N–H and O–H groups in total. The molecule has 2 unspecified atom stereocenters. The maximum Gasteiger partial charge on any atom is 0.123 e. The van der Waals surface area contributed by atoms with Crippen molar-refractivity contribution in [2.24, 2.45) is 5.73 Å². The highest BCUT2D eigenvalue weighted by atomic mass is 19.1. The highest BCUT2D eigenvalue weighted by molar-refractivity contribution is 5.22. The van der Waals surface area contributed by atoms with E-state index in [9.17, 15) is 4.39 Å². The van der Waals surface area contributed by atoms with Gasteiger partial charge in [-0.15, -0.1) is 0 Å². The van der Waals surface area contributed by atoms with Gasteiger partial charge in [-0.2, -0.15) is 0 Å². The number of halogens is 1. The standard InChI is InChI=1S/C12H16FNO/c13-10-5-3-9(4-6-10)11(8-14)12-2-1-7-15-12/h3-6,11-12H,1-2,7-8,14H2. The fourth-order valence-electron chi connectivity index (χ4n) is 2.13. The number of ether oxygens (including phenoxy) is 1. The molecule has 0 spiro atoms. The van der Waals surface area contributed by atoms with E-state index in [2.05, 4.69) is 0 Å². The maximum atomic E-state index is 12.8. The average molecular weight is 209 g/mol. The first-order chi connectivity index (χ1) is 7.31. The Labute approximate surface area is 89.2 Å². The van der Waals surface area contributed by atoms with Gasteiger partial charge in [-0.1, -0.05) is 12.1 Å². The van der Waals surface area contributed by atoms with E-state index in [0.29, 0.717) is 6.54 Å². The Balaban J connectivity index is 2.14. The van der Waals surface area contributed by atoms with Crippen molar-refractivity contribution in [3.63, 3.8) is 0 Å². The highest BCUT2D eigenvalue weighted by Gasteiger charge is 2.25. The van der Waals surface area contributed by atoms with Gasteiger partial charge in [0, 0.05) is 19.1 Å². The van der Waals surface area contributed by atoms with Crippen LogP contribution in [-0.4, -0.2) is 19.3 Å². The van der Waals surface area contributed by atoms with Gasteiger partial charge < -0.3 is 10.5 Å². The van der Waals surface area contributed by atoms with Crippen molar-refractivity contribution >= 4 is 0 Å². The molecule has 0 radical (unpaired) electrons. The topological polar surface area (TPSA) is 35.2 Å². The Kier molecular flexibility index (Phi) is 3.34. The van der Waals surface area contributed by atoms with Crippen LogP contribution in [0.4, 0.5) is 4.39 Å². The van der Waals surface area contributed by atoms with Crippen molar-refractivity contribution in [1.82, 2.24) is 0 Å². The predicted molar refractivity (Wildman–Crippen MR) is 57.2 cm³/mol. The summed E-state index contributed by atoms with van der Waals surface area (Å²) in [6.07, 6.45) is 2.36. The Morgan fingerprint density at radius 3 is 2.67 bits per heavy atom. The first kappa shape index (κ1) is 10.6. The van der Waals surface area contributed by atoms with Gasteiger partial charge in [0.15, 0.2) is 0 Å². The predicted octanol–water partition coefficient (Wildman–Crippen LogP) is 2.05. The molecule has 1 saturated heterocycles. The summed E-state index contributed by atoms with van der Waals surface area (Å²) < 4.78 is 18.4. The number of hydrogen-bond donors (Lipinski definition) is 1. The van der Waals surface area contributed by atoms with E-state index in [1.54, 1.807) is 12.1 Å². The second-order valence-corrected chi connectivity index (χ2v) is 3.95. The lowest BCUT2D eigenvalue weighted by atomic mass is 9.92. The summed E-state index contributed by atoms with van der Waals surface area (Å²) in [6.45, 7) is 1.37. The maximum absolute atomic E-state index is 12.8. The van der Waals surface area contributed by atoms with Crippen LogP contribution >= 0.6 is 0 Å². The lowest BCUT2D eigenvalue weighted by Gasteiger charge is -2.21. The van der Waals surface area contributed by atoms with Gasteiger partial charge in [-0.05, 0) is 30.5 Å². The van der Waals surface area contributed by atoms with Crippen molar-refractivity contribution in [3.8, 4) is 0 Å². The second-order valence-electron chi connectivity index (χ2n) is 3.95. The molecular formula is C12H16FNO. The van der Waals surface area contributed by atoms with E-state index >= 15 is 0 Å². The summed E-state index contributed by atoms with van der Waals surface area (Å²) in [7, 11) is 0. The molecule has 0 amide bonds. The molecule has 1 fully saturated rings. The van der Waals surface area contributed by atoms with E-state index in [0.717, 1.165) is 25.0 Å². The van der Waals surface area contributed by atoms with Crippen LogP contribution in [0.2, 0.25) is 0 Å². The van der Waals surface area contributed by atoms with Gasteiger partial charge in [0.1, 0.15) is 5.82 Å². The van der Waals surface area contributed by atoms with Gasteiger partial charge in [-0.3, -0.25) is 0 Å². The fourth-order valence-corrected chi connectivity index (χ4v) is 2.13. The van der Waals surface area contributed by atoms with Gasteiger partial charge in [0.2, 0.25) is 0 Å². The SMILES string of the molecule is NCC(c1ccc(F)cc1)C1CCCO1. The summed E-state index contributed by atoms with van der Waals surface area (Å²) >= 11 is 0. The van der Waals surface area contributed by atoms with Crippen LogP contribution in [0, 0.1) is 5.82 Å². The Morgan fingerprint density at radius 2 is 2.13 bits per heavy atom. The zero-order valence-corrected chi connectivity index (χ0v) is 8.66. The van der Waals surface area contributed by atoms with E-state index in [1.807, 2.05) is 0 Å². The van der Waals surface area contributed by atoms with Crippen LogP contribution in [0.15, 0.2) is 24.3 Å². The lowest BCUT2D eigenvalue weighted by Crippen LogP contribution is -2.25. The molecular weight excluding hydrogens is 193 g/mol. The molecule has 1 aromatic carbocycles. The summed E-state index contributed by atoms with van der Waals surface area (Å²) in [4.78, 5) is 0. The number of rotatable bonds is 3. The van der Waals surface area contributed by atoms with Crippen molar-refractivity contribution in [3.05, 3.63) is 35.6 Å². The van der Waals surface area contributed by atoms with Crippen molar-refractivity contribution in [1.29, 1.82) is 0 Å². The number of benzene rings is 1. The molecule has 0 bridgehead atoms. The summed E-state index contributed by atoms with van der Waals surface area (Å²) in [5, 5.41) is 0. The largest absolute Gasteiger partial charge is 0.378 e. The third-order valence-electron chi connectivity index (χ3n) is 2.97. The minimum Gasteiger partial charge on any atom is -0.378 e. The average Bonchev–Trinajstić information content (AvgIpc) is 2.75. The fraction of sp³-hybridized carbons (Fsp3) is 0.500. The molecule has 1 heterocycles. The highest BCUT2D eigenvalue weighted by Crippen LogP contribution is 2.28. The zero-order valence-electron chi connectivity index (χ0n) is 8.66. The monoisotopic (exact) mass is 209 g/mol. The molecule has 2 nitrogen and oxygen atoms in total. The molecule has 0 aromatic heterocycles. The normalized spacial score (nSPS) is 22.9. The van der Waals surface area contributed by atoms with Gasteiger partial charge in [-0.25, -0.2) is 4.39 Å². The van der Waals surface area contributed by atoms with Crippen LogP contribution in [0.25, 0.3) is 0 Å². The smallest absolute Gasteiger partial charge is 0.123 e. The lowest BCUT2D eigenvalue weighted by molar-refractivity contribution is 0.0905.